The maximum Gasteiger partial charge on any atom is 0.287 e. The van der Waals surface area contributed by atoms with Gasteiger partial charge in [-0.2, -0.15) is 0 Å². The van der Waals surface area contributed by atoms with Crippen LogP contribution in [0.4, 0.5) is 0 Å². The predicted octanol–water partition coefficient (Wildman–Crippen LogP) is 2.60. The average Bonchev–Trinajstić information content (AvgIpc) is 3.09. The normalized spacial score (nSPS) is 10.4. The van der Waals surface area contributed by atoms with Crippen molar-refractivity contribution < 1.29 is 18.7 Å². The Morgan fingerprint density at radius 3 is 2.62 bits per heavy atom. The van der Waals surface area contributed by atoms with Crippen LogP contribution in [-0.4, -0.2) is 32.7 Å². The summed E-state index contributed by atoms with van der Waals surface area (Å²) in [5, 5.41) is 6.03. The predicted molar refractivity (Wildman–Crippen MR) is 91.5 cm³/mol. The fourth-order valence-electron chi connectivity index (χ4n) is 2.12. The molecule has 24 heavy (non-hydrogen) atoms. The molecule has 1 aromatic carbocycles. The molecule has 1 amide bonds. The van der Waals surface area contributed by atoms with Crippen LogP contribution in [0.5, 0.6) is 11.5 Å². The molecule has 1 heterocycles. The average molecular weight is 332 g/mol. The minimum atomic E-state index is -0.225. The van der Waals surface area contributed by atoms with Gasteiger partial charge < -0.3 is 24.5 Å². The lowest BCUT2D eigenvalue weighted by molar-refractivity contribution is 0.0922. The minimum absolute atomic E-state index is 0.225. The molecule has 0 saturated carbocycles. The van der Waals surface area contributed by atoms with E-state index in [2.05, 4.69) is 17.6 Å². The molecule has 2 rings (SSSR count). The second-order valence-electron chi connectivity index (χ2n) is 5.21. The van der Waals surface area contributed by atoms with Gasteiger partial charge in [0, 0.05) is 13.1 Å². The number of furan rings is 1. The molecule has 0 atom stereocenters. The molecule has 0 unspecified atom stereocenters. The maximum atomic E-state index is 12.0. The van der Waals surface area contributed by atoms with Crippen molar-refractivity contribution in [3.05, 3.63) is 47.9 Å². The molecule has 0 aliphatic heterocycles. The molecule has 130 valence electrons. The lowest BCUT2D eigenvalue weighted by Gasteiger charge is -2.08. The highest BCUT2D eigenvalue weighted by Crippen LogP contribution is 2.26. The van der Waals surface area contributed by atoms with Crippen LogP contribution >= 0.6 is 0 Å². The van der Waals surface area contributed by atoms with E-state index in [1.807, 2.05) is 24.3 Å². The zero-order chi connectivity index (χ0) is 17.2. The van der Waals surface area contributed by atoms with Gasteiger partial charge in [0.1, 0.15) is 12.4 Å². The molecule has 6 nitrogen and oxygen atoms in total. The van der Waals surface area contributed by atoms with Crippen molar-refractivity contribution in [1.82, 2.24) is 10.6 Å². The zero-order valence-electron chi connectivity index (χ0n) is 14.1. The standard InChI is InChI=1S/C18H24N2O4/c1-3-10-19-11-12-20-18(21)17-9-8-14(24-17)13-23-16-7-5-4-6-15(16)22-2/h4-9,19H,3,10-13H2,1-2H3,(H,20,21). The number of amides is 1. The summed E-state index contributed by atoms with van der Waals surface area (Å²) in [5.41, 5.74) is 0. The Labute approximate surface area is 142 Å². The van der Waals surface area contributed by atoms with Gasteiger partial charge in [-0.3, -0.25) is 4.79 Å². The quantitative estimate of drug-likeness (QED) is 0.654. The van der Waals surface area contributed by atoms with E-state index < -0.39 is 0 Å². The third-order valence-corrected chi connectivity index (χ3v) is 3.34. The number of methoxy groups -OCH3 is 1. The van der Waals surface area contributed by atoms with E-state index >= 15 is 0 Å². The highest BCUT2D eigenvalue weighted by Gasteiger charge is 2.11. The molecular weight excluding hydrogens is 308 g/mol. The summed E-state index contributed by atoms with van der Waals surface area (Å²) >= 11 is 0. The van der Waals surface area contributed by atoms with Crippen molar-refractivity contribution >= 4 is 5.91 Å². The smallest absolute Gasteiger partial charge is 0.287 e. The van der Waals surface area contributed by atoms with Crippen LogP contribution in [0.1, 0.15) is 29.7 Å². The lowest BCUT2D eigenvalue weighted by atomic mass is 10.3. The van der Waals surface area contributed by atoms with Crippen LogP contribution in [0.3, 0.4) is 0 Å². The van der Waals surface area contributed by atoms with E-state index in [4.69, 9.17) is 13.9 Å². The van der Waals surface area contributed by atoms with E-state index in [1.54, 1.807) is 19.2 Å². The first-order chi connectivity index (χ1) is 11.7. The molecule has 1 aromatic heterocycles. The van der Waals surface area contributed by atoms with Gasteiger partial charge in [-0.1, -0.05) is 19.1 Å². The Kier molecular flexibility index (Phi) is 7.17. The molecule has 0 fully saturated rings. The number of hydrogen-bond acceptors (Lipinski definition) is 5. The lowest BCUT2D eigenvalue weighted by Crippen LogP contribution is -2.31. The van der Waals surface area contributed by atoms with E-state index in [0.29, 0.717) is 23.8 Å². The Hall–Kier alpha value is -2.47. The van der Waals surface area contributed by atoms with Gasteiger partial charge >= 0.3 is 0 Å². The van der Waals surface area contributed by atoms with Crippen LogP contribution in [-0.2, 0) is 6.61 Å². The summed E-state index contributed by atoms with van der Waals surface area (Å²) in [6.45, 7) is 4.58. The Bertz CT molecular complexity index is 639. The Balaban J connectivity index is 1.81. The minimum Gasteiger partial charge on any atom is -0.493 e. The molecule has 0 bridgehead atoms. The van der Waals surface area contributed by atoms with Crippen LogP contribution in [0.2, 0.25) is 0 Å². The van der Waals surface area contributed by atoms with Crippen molar-refractivity contribution in [3.63, 3.8) is 0 Å². The van der Waals surface area contributed by atoms with Gasteiger partial charge in [-0.25, -0.2) is 0 Å². The number of nitrogens with one attached hydrogen (secondary N) is 2. The van der Waals surface area contributed by atoms with E-state index in [-0.39, 0.29) is 18.3 Å². The monoisotopic (exact) mass is 332 g/mol. The number of ether oxygens (including phenoxy) is 2. The molecule has 2 aromatic rings. The molecule has 0 aliphatic rings. The first kappa shape index (κ1) is 17.9. The molecule has 2 N–H and O–H groups in total. The van der Waals surface area contributed by atoms with Gasteiger partial charge in [0.25, 0.3) is 5.91 Å². The molecule has 0 spiro atoms. The third kappa shape index (κ3) is 5.31. The maximum absolute atomic E-state index is 12.0. The summed E-state index contributed by atoms with van der Waals surface area (Å²) in [5.74, 6) is 1.92. The number of carbonyl (C=O) groups is 1. The zero-order valence-corrected chi connectivity index (χ0v) is 14.1. The molecule has 0 saturated heterocycles. The summed E-state index contributed by atoms with van der Waals surface area (Å²) in [6.07, 6.45) is 1.07. The molecule has 0 aliphatic carbocycles. The van der Waals surface area contributed by atoms with Gasteiger partial charge in [0.05, 0.1) is 7.11 Å². The first-order valence-corrected chi connectivity index (χ1v) is 8.08. The van der Waals surface area contributed by atoms with E-state index in [9.17, 15) is 4.79 Å². The summed E-state index contributed by atoms with van der Waals surface area (Å²) in [4.78, 5) is 12.0. The fourth-order valence-corrected chi connectivity index (χ4v) is 2.12. The second kappa shape index (κ2) is 9.62. The van der Waals surface area contributed by atoms with Crippen molar-refractivity contribution in [1.29, 1.82) is 0 Å². The van der Waals surface area contributed by atoms with E-state index in [0.717, 1.165) is 19.5 Å². The highest BCUT2D eigenvalue weighted by atomic mass is 16.5. The summed E-state index contributed by atoms with van der Waals surface area (Å²) in [6, 6.07) is 10.8. The van der Waals surface area contributed by atoms with Crippen molar-refractivity contribution in [2.24, 2.45) is 0 Å². The van der Waals surface area contributed by atoms with Crippen LogP contribution in [0.15, 0.2) is 40.8 Å². The van der Waals surface area contributed by atoms with Gasteiger partial charge in [0.15, 0.2) is 17.3 Å². The van der Waals surface area contributed by atoms with Crippen LogP contribution in [0.25, 0.3) is 0 Å². The number of benzene rings is 1. The van der Waals surface area contributed by atoms with Crippen molar-refractivity contribution in [2.75, 3.05) is 26.7 Å². The topological polar surface area (TPSA) is 72.7 Å². The number of rotatable bonds is 10. The van der Waals surface area contributed by atoms with Gasteiger partial charge in [-0.05, 0) is 37.2 Å². The Morgan fingerprint density at radius 2 is 1.88 bits per heavy atom. The number of hydrogen-bond donors (Lipinski definition) is 2. The van der Waals surface area contributed by atoms with Gasteiger partial charge in [0.2, 0.25) is 0 Å². The number of carbonyl (C=O) groups excluding carboxylic acids is 1. The third-order valence-electron chi connectivity index (χ3n) is 3.34. The Morgan fingerprint density at radius 1 is 1.08 bits per heavy atom. The van der Waals surface area contributed by atoms with E-state index in [1.165, 1.54) is 0 Å². The van der Waals surface area contributed by atoms with Crippen LogP contribution in [0, 0.1) is 0 Å². The summed E-state index contributed by atoms with van der Waals surface area (Å²) < 4.78 is 16.4. The fraction of sp³-hybridized carbons (Fsp3) is 0.389. The first-order valence-electron chi connectivity index (χ1n) is 8.08. The number of para-hydroxylation sites is 2. The summed E-state index contributed by atoms with van der Waals surface area (Å²) in [7, 11) is 1.59. The van der Waals surface area contributed by atoms with Gasteiger partial charge in [-0.15, -0.1) is 0 Å². The second-order valence-corrected chi connectivity index (χ2v) is 5.21. The molecule has 6 heteroatoms. The largest absolute Gasteiger partial charge is 0.493 e. The molecule has 0 radical (unpaired) electrons. The van der Waals surface area contributed by atoms with Crippen molar-refractivity contribution in [3.8, 4) is 11.5 Å². The highest BCUT2D eigenvalue weighted by molar-refractivity contribution is 5.91. The SMILES string of the molecule is CCCNCCNC(=O)c1ccc(COc2ccccc2OC)o1. The van der Waals surface area contributed by atoms with Crippen molar-refractivity contribution in [2.45, 2.75) is 20.0 Å². The van der Waals surface area contributed by atoms with Crippen LogP contribution < -0.4 is 20.1 Å². The molecular formula is C18H24N2O4.